The normalized spacial score (nSPS) is 21.9. The number of carbonyl (C=O) groups excluding carboxylic acids is 1. The minimum atomic E-state index is -0.988. The van der Waals surface area contributed by atoms with E-state index in [-0.39, 0.29) is 17.8 Å². The highest BCUT2D eigenvalue weighted by atomic mass is 19.1. The van der Waals surface area contributed by atoms with Crippen LogP contribution in [0, 0.1) is 5.82 Å². The molecular formula is C23H24FN3O4. The van der Waals surface area contributed by atoms with Gasteiger partial charge in [0.05, 0.1) is 0 Å². The number of carbonyl (C=O) groups is 1. The first-order valence-electron chi connectivity index (χ1n) is 10.5. The highest BCUT2D eigenvalue weighted by Gasteiger charge is 2.50. The van der Waals surface area contributed by atoms with E-state index < -0.39 is 11.8 Å². The van der Waals surface area contributed by atoms with Crippen molar-refractivity contribution in [1.82, 2.24) is 14.8 Å². The zero-order valence-corrected chi connectivity index (χ0v) is 17.2. The number of hydrogen-bond acceptors (Lipinski definition) is 6. The number of benzene rings is 2. The van der Waals surface area contributed by atoms with Crippen LogP contribution in [0.25, 0.3) is 22.6 Å². The van der Waals surface area contributed by atoms with Crippen molar-refractivity contribution in [3.63, 3.8) is 0 Å². The Balaban J connectivity index is 1.28. The van der Waals surface area contributed by atoms with Crippen LogP contribution in [0.5, 0.6) is 0 Å². The fourth-order valence-electron chi connectivity index (χ4n) is 4.18. The summed E-state index contributed by atoms with van der Waals surface area (Å²) in [5.41, 5.74) is 1.21. The topological polar surface area (TPSA) is 90.0 Å². The summed E-state index contributed by atoms with van der Waals surface area (Å²) in [5.74, 6) is -0.101. The summed E-state index contributed by atoms with van der Waals surface area (Å²) in [5, 5.41) is 20.5. The van der Waals surface area contributed by atoms with Crippen LogP contribution in [-0.2, 0) is 0 Å². The predicted octanol–water partition coefficient (Wildman–Crippen LogP) is 2.62. The zero-order chi connectivity index (χ0) is 21.8. The van der Waals surface area contributed by atoms with Crippen molar-refractivity contribution in [2.24, 2.45) is 0 Å². The van der Waals surface area contributed by atoms with Crippen molar-refractivity contribution >= 4 is 17.0 Å². The number of rotatable bonds is 4. The third-order valence-electron chi connectivity index (χ3n) is 6.24. The molecule has 2 aliphatic rings. The van der Waals surface area contributed by atoms with Crippen LogP contribution in [0.15, 0.2) is 46.9 Å². The van der Waals surface area contributed by atoms with Crippen molar-refractivity contribution in [2.75, 3.05) is 19.6 Å². The van der Waals surface area contributed by atoms with Gasteiger partial charge < -0.3 is 19.5 Å². The molecule has 1 aliphatic carbocycles. The van der Waals surface area contributed by atoms with E-state index in [1.807, 2.05) is 11.8 Å². The molecule has 1 unspecified atom stereocenters. The molecule has 0 radical (unpaired) electrons. The maximum atomic E-state index is 13.4. The van der Waals surface area contributed by atoms with Gasteiger partial charge >= 0.3 is 0 Å². The quantitative estimate of drug-likeness (QED) is 0.668. The van der Waals surface area contributed by atoms with Crippen LogP contribution >= 0.6 is 0 Å². The number of amides is 1. The molecule has 1 aliphatic heterocycles. The van der Waals surface area contributed by atoms with Crippen molar-refractivity contribution in [1.29, 1.82) is 0 Å². The molecule has 2 atom stereocenters. The number of piperazine rings is 1. The smallest absolute Gasteiger partial charge is 0.254 e. The molecule has 2 heterocycles. The maximum Gasteiger partial charge on any atom is 0.254 e. The molecule has 31 heavy (non-hydrogen) atoms. The highest BCUT2D eigenvalue weighted by molar-refractivity contribution is 5.95. The highest BCUT2D eigenvalue weighted by Crippen LogP contribution is 2.40. The largest absolute Gasteiger partial charge is 0.436 e. The van der Waals surface area contributed by atoms with Crippen LogP contribution in [0.2, 0.25) is 0 Å². The molecule has 2 fully saturated rings. The molecule has 1 amide bonds. The van der Waals surface area contributed by atoms with Gasteiger partial charge in [-0.15, -0.1) is 0 Å². The molecule has 5 rings (SSSR count). The molecule has 0 spiro atoms. The monoisotopic (exact) mass is 425 g/mol. The van der Waals surface area contributed by atoms with Gasteiger partial charge in [-0.25, -0.2) is 9.37 Å². The first kappa shape index (κ1) is 20.1. The summed E-state index contributed by atoms with van der Waals surface area (Å²) in [7, 11) is 0. The molecule has 1 saturated carbocycles. The number of aliphatic hydroxyl groups excluding tert-OH is 1. The Morgan fingerprint density at radius 1 is 1.23 bits per heavy atom. The molecule has 7 nitrogen and oxygen atoms in total. The Kier molecular flexibility index (Phi) is 4.80. The molecule has 1 saturated heterocycles. The molecule has 162 valence electrons. The van der Waals surface area contributed by atoms with Gasteiger partial charge in [0.1, 0.15) is 23.2 Å². The minimum Gasteiger partial charge on any atom is -0.436 e. The third-order valence-corrected chi connectivity index (χ3v) is 6.24. The zero-order valence-electron chi connectivity index (χ0n) is 17.2. The van der Waals surface area contributed by atoms with Gasteiger partial charge in [-0.05, 0) is 56.2 Å². The van der Waals surface area contributed by atoms with Gasteiger partial charge in [0.15, 0.2) is 5.58 Å². The average molecular weight is 425 g/mol. The van der Waals surface area contributed by atoms with Gasteiger partial charge in [-0.3, -0.25) is 9.69 Å². The van der Waals surface area contributed by atoms with E-state index in [4.69, 9.17) is 4.42 Å². The number of hydrogen-bond donors (Lipinski definition) is 2. The lowest BCUT2D eigenvalue weighted by molar-refractivity contribution is -0.114. The van der Waals surface area contributed by atoms with Crippen LogP contribution in [-0.4, -0.2) is 68.4 Å². The number of halogens is 1. The summed E-state index contributed by atoms with van der Waals surface area (Å²) in [4.78, 5) is 21.0. The first-order chi connectivity index (χ1) is 14.8. The summed E-state index contributed by atoms with van der Waals surface area (Å²) in [6.07, 6.45) is 0.350. The summed E-state index contributed by atoms with van der Waals surface area (Å²) in [6.45, 7) is 3.44. The van der Waals surface area contributed by atoms with Crippen molar-refractivity contribution in [3.05, 3.63) is 53.8 Å². The minimum absolute atomic E-state index is 0.0852. The first-order valence-corrected chi connectivity index (χ1v) is 10.5. The Morgan fingerprint density at radius 3 is 2.65 bits per heavy atom. The fraction of sp³-hybridized carbons (Fsp3) is 0.391. The number of aliphatic hydroxyl groups is 2. The van der Waals surface area contributed by atoms with Crippen LogP contribution in [0.1, 0.15) is 30.1 Å². The maximum absolute atomic E-state index is 13.4. The van der Waals surface area contributed by atoms with E-state index in [0.717, 1.165) is 0 Å². The Hall–Kier alpha value is -2.81. The lowest BCUT2D eigenvalue weighted by atomic mass is 10.1. The fourth-order valence-corrected chi connectivity index (χ4v) is 4.18. The Labute approximate surface area is 178 Å². The Morgan fingerprint density at radius 2 is 1.97 bits per heavy atom. The third kappa shape index (κ3) is 3.71. The molecule has 8 heteroatoms. The van der Waals surface area contributed by atoms with Crippen LogP contribution in [0.4, 0.5) is 4.39 Å². The van der Waals surface area contributed by atoms with Gasteiger partial charge in [0.25, 0.3) is 5.91 Å². The average Bonchev–Trinajstić information content (AvgIpc) is 3.38. The molecule has 3 aromatic rings. The second kappa shape index (κ2) is 7.40. The second-order valence-electron chi connectivity index (χ2n) is 8.53. The summed E-state index contributed by atoms with van der Waals surface area (Å²) in [6, 6.07) is 11.1. The SMILES string of the molecule is C[C@H]1CN(C(O)C2(O)CC2)CCN1C(=O)c1ccc(-c2nc3ccc(F)cc3o2)cc1. The van der Waals surface area contributed by atoms with Crippen molar-refractivity contribution in [3.8, 4) is 11.5 Å². The van der Waals surface area contributed by atoms with Crippen molar-refractivity contribution in [2.45, 2.75) is 37.6 Å². The molecule has 0 bridgehead atoms. The molecular weight excluding hydrogens is 401 g/mol. The predicted molar refractivity (Wildman–Crippen MR) is 112 cm³/mol. The van der Waals surface area contributed by atoms with Crippen LogP contribution in [0.3, 0.4) is 0 Å². The van der Waals surface area contributed by atoms with E-state index in [0.29, 0.717) is 60.6 Å². The lowest BCUT2D eigenvalue weighted by Gasteiger charge is -2.42. The van der Waals surface area contributed by atoms with Gasteiger partial charge in [-0.1, -0.05) is 0 Å². The van der Waals surface area contributed by atoms with E-state index >= 15 is 0 Å². The molecule has 1 aromatic heterocycles. The molecule has 2 N–H and O–H groups in total. The van der Waals surface area contributed by atoms with E-state index in [9.17, 15) is 19.4 Å². The Bertz CT molecular complexity index is 1130. The number of oxazole rings is 1. The van der Waals surface area contributed by atoms with Crippen molar-refractivity contribution < 1.29 is 23.8 Å². The van der Waals surface area contributed by atoms with Gasteiger partial charge in [0.2, 0.25) is 5.89 Å². The van der Waals surface area contributed by atoms with E-state index in [1.165, 1.54) is 12.1 Å². The number of aromatic nitrogens is 1. The van der Waals surface area contributed by atoms with Gasteiger partial charge in [-0.2, -0.15) is 0 Å². The second-order valence-corrected chi connectivity index (χ2v) is 8.53. The number of nitrogens with zero attached hydrogens (tertiary/aromatic N) is 3. The standard InChI is InChI=1S/C23H24FN3O4/c1-14-13-26(22(29)23(30)8-9-23)10-11-27(14)21(28)16-4-2-15(3-5-16)20-25-18-7-6-17(24)12-19(18)31-20/h2-7,12,14,22,29-30H,8-11,13H2,1H3/t14-,22?/m0/s1. The lowest BCUT2D eigenvalue weighted by Crippen LogP contribution is -2.59. The summed E-state index contributed by atoms with van der Waals surface area (Å²) < 4.78 is 19.0. The van der Waals surface area contributed by atoms with E-state index in [1.54, 1.807) is 35.2 Å². The molecule has 2 aromatic carbocycles. The van der Waals surface area contributed by atoms with Crippen LogP contribution < -0.4 is 0 Å². The summed E-state index contributed by atoms with van der Waals surface area (Å²) >= 11 is 0. The van der Waals surface area contributed by atoms with E-state index in [2.05, 4.69) is 4.98 Å². The van der Waals surface area contributed by atoms with Gasteiger partial charge in [0, 0.05) is 42.9 Å². The number of fused-ring (bicyclic) bond motifs is 1.